The van der Waals surface area contributed by atoms with Crippen LogP contribution >= 0.6 is 23.4 Å². The van der Waals surface area contributed by atoms with Gasteiger partial charge in [0.15, 0.2) is 6.19 Å². The molecular formula is C17H18ClN5S. The SMILES string of the molecule is CN=C(NC#N)NCCSC(c1ccccc1)c1cccnc1Cl. The van der Waals surface area contributed by atoms with Crippen LogP contribution in [0.2, 0.25) is 5.15 Å². The van der Waals surface area contributed by atoms with Crippen molar-refractivity contribution in [3.63, 3.8) is 0 Å². The van der Waals surface area contributed by atoms with Gasteiger partial charge in [-0.25, -0.2) is 4.98 Å². The third-order valence-corrected chi connectivity index (χ3v) is 4.86. The lowest BCUT2D eigenvalue weighted by atomic mass is 10.1. The average Bonchev–Trinajstić information content (AvgIpc) is 2.62. The van der Waals surface area contributed by atoms with Crippen molar-refractivity contribution in [2.45, 2.75) is 5.25 Å². The summed E-state index contributed by atoms with van der Waals surface area (Å²) in [6.07, 6.45) is 3.54. The van der Waals surface area contributed by atoms with Crippen LogP contribution in [0.5, 0.6) is 0 Å². The van der Waals surface area contributed by atoms with E-state index in [9.17, 15) is 0 Å². The smallest absolute Gasteiger partial charge is 0.204 e. The summed E-state index contributed by atoms with van der Waals surface area (Å²) < 4.78 is 0. The van der Waals surface area contributed by atoms with Crippen LogP contribution < -0.4 is 10.6 Å². The molecule has 1 heterocycles. The van der Waals surface area contributed by atoms with Gasteiger partial charge in [0.2, 0.25) is 5.96 Å². The van der Waals surface area contributed by atoms with Crippen LogP contribution in [-0.4, -0.2) is 30.3 Å². The van der Waals surface area contributed by atoms with Crippen molar-refractivity contribution < 1.29 is 0 Å². The Morgan fingerprint density at radius 1 is 1.33 bits per heavy atom. The van der Waals surface area contributed by atoms with Crippen LogP contribution in [0.4, 0.5) is 0 Å². The number of thioether (sulfide) groups is 1. The first-order valence-electron chi connectivity index (χ1n) is 7.39. The minimum absolute atomic E-state index is 0.0974. The minimum atomic E-state index is 0.0974. The second kappa shape index (κ2) is 9.81. The molecule has 0 bridgehead atoms. The van der Waals surface area contributed by atoms with E-state index in [-0.39, 0.29) is 5.25 Å². The topological polar surface area (TPSA) is 73.1 Å². The lowest BCUT2D eigenvalue weighted by Crippen LogP contribution is -2.35. The Kier molecular flexibility index (Phi) is 7.40. The molecule has 124 valence electrons. The van der Waals surface area contributed by atoms with E-state index in [1.54, 1.807) is 25.0 Å². The highest BCUT2D eigenvalue weighted by Gasteiger charge is 2.17. The molecule has 1 atom stereocenters. The molecule has 0 amide bonds. The first kappa shape index (κ1) is 18.1. The summed E-state index contributed by atoms with van der Waals surface area (Å²) in [6.45, 7) is 0.674. The fourth-order valence-electron chi connectivity index (χ4n) is 2.17. The normalized spacial score (nSPS) is 12.3. The lowest BCUT2D eigenvalue weighted by Gasteiger charge is -2.18. The van der Waals surface area contributed by atoms with Gasteiger partial charge in [0.25, 0.3) is 0 Å². The Hall–Kier alpha value is -2.23. The van der Waals surface area contributed by atoms with Gasteiger partial charge in [-0.15, -0.1) is 11.8 Å². The van der Waals surface area contributed by atoms with Crippen molar-refractivity contribution >= 4 is 29.3 Å². The lowest BCUT2D eigenvalue weighted by molar-refractivity contribution is 0.928. The summed E-state index contributed by atoms with van der Waals surface area (Å²) in [4.78, 5) is 8.15. The number of nitrogens with zero attached hydrogens (tertiary/aromatic N) is 3. The number of pyridine rings is 1. The summed E-state index contributed by atoms with van der Waals surface area (Å²) in [7, 11) is 1.63. The second-order valence-corrected chi connectivity index (χ2v) is 6.35. The zero-order valence-corrected chi connectivity index (χ0v) is 14.8. The molecule has 0 aliphatic rings. The van der Waals surface area contributed by atoms with Gasteiger partial charge < -0.3 is 5.32 Å². The molecule has 1 aromatic carbocycles. The molecule has 0 aliphatic carbocycles. The number of nitrogens with one attached hydrogen (secondary N) is 2. The van der Waals surface area contributed by atoms with Crippen molar-refractivity contribution in [3.05, 3.63) is 64.9 Å². The predicted octanol–water partition coefficient (Wildman–Crippen LogP) is 3.20. The molecule has 5 nitrogen and oxygen atoms in total. The zero-order valence-electron chi connectivity index (χ0n) is 13.2. The third-order valence-electron chi connectivity index (χ3n) is 3.25. The van der Waals surface area contributed by atoms with Gasteiger partial charge >= 0.3 is 0 Å². The van der Waals surface area contributed by atoms with E-state index in [2.05, 4.69) is 32.7 Å². The van der Waals surface area contributed by atoms with Crippen molar-refractivity contribution in [3.8, 4) is 6.19 Å². The zero-order chi connectivity index (χ0) is 17.2. The summed E-state index contributed by atoms with van der Waals surface area (Å²) in [6, 6.07) is 14.1. The van der Waals surface area contributed by atoms with Crippen LogP contribution in [0.1, 0.15) is 16.4 Å². The maximum atomic E-state index is 8.63. The average molecular weight is 360 g/mol. The molecule has 0 aliphatic heterocycles. The van der Waals surface area contributed by atoms with Crippen LogP contribution in [0.3, 0.4) is 0 Å². The number of benzene rings is 1. The number of rotatable bonds is 6. The van der Waals surface area contributed by atoms with Crippen molar-refractivity contribution in [1.82, 2.24) is 15.6 Å². The standard InChI is InChI=1S/C17H18ClN5S/c1-20-17(23-12-19)22-10-11-24-15(13-6-3-2-4-7-13)14-8-5-9-21-16(14)18/h2-9,15H,10-11H2,1H3,(H2,20,22,23). The van der Waals surface area contributed by atoms with E-state index < -0.39 is 0 Å². The molecule has 0 spiro atoms. The number of aliphatic imine (C=N–C) groups is 1. The van der Waals surface area contributed by atoms with Crippen LogP contribution in [0, 0.1) is 11.5 Å². The van der Waals surface area contributed by atoms with E-state index in [0.717, 1.165) is 11.3 Å². The van der Waals surface area contributed by atoms with Crippen LogP contribution in [0.15, 0.2) is 53.7 Å². The third kappa shape index (κ3) is 5.15. The van der Waals surface area contributed by atoms with E-state index in [0.29, 0.717) is 17.7 Å². The largest absolute Gasteiger partial charge is 0.355 e. The second-order valence-electron chi connectivity index (χ2n) is 4.78. The Morgan fingerprint density at radius 2 is 2.12 bits per heavy atom. The monoisotopic (exact) mass is 359 g/mol. The molecule has 1 unspecified atom stereocenters. The van der Waals surface area contributed by atoms with E-state index in [1.165, 1.54) is 5.56 Å². The quantitative estimate of drug-likeness (QED) is 0.207. The number of aromatic nitrogens is 1. The molecule has 0 radical (unpaired) electrons. The Labute approximate surface area is 151 Å². The summed E-state index contributed by atoms with van der Waals surface area (Å²) in [5.41, 5.74) is 2.17. The van der Waals surface area contributed by atoms with Gasteiger partial charge in [-0.2, -0.15) is 5.26 Å². The van der Waals surface area contributed by atoms with Crippen molar-refractivity contribution in [2.24, 2.45) is 4.99 Å². The van der Waals surface area contributed by atoms with Gasteiger partial charge in [0.05, 0.1) is 5.25 Å². The fourth-order valence-corrected chi connectivity index (χ4v) is 3.63. The van der Waals surface area contributed by atoms with Crippen LogP contribution in [-0.2, 0) is 0 Å². The maximum Gasteiger partial charge on any atom is 0.204 e. The molecule has 2 rings (SSSR count). The number of nitriles is 1. The van der Waals surface area contributed by atoms with Gasteiger partial charge in [-0.3, -0.25) is 10.3 Å². The first-order valence-corrected chi connectivity index (χ1v) is 8.81. The molecule has 7 heteroatoms. The number of hydrogen-bond acceptors (Lipinski definition) is 4. The van der Waals surface area contributed by atoms with Gasteiger partial charge in [0.1, 0.15) is 5.15 Å². The molecule has 2 aromatic rings. The molecule has 0 saturated carbocycles. The number of halogens is 1. The Balaban J connectivity index is 2.06. The first-order chi connectivity index (χ1) is 11.8. The molecule has 0 fully saturated rings. The summed E-state index contributed by atoms with van der Waals surface area (Å²) in [5.74, 6) is 1.28. The maximum absolute atomic E-state index is 8.63. The highest BCUT2D eigenvalue weighted by atomic mass is 35.5. The molecule has 1 aromatic heterocycles. The predicted molar refractivity (Wildman–Crippen MR) is 100 cm³/mol. The van der Waals surface area contributed by atoms with Crippen molar-refractivity contribution in [2.75, 3.05) is 19.3 Å². The Bertz CT molecular complexity index is 714. The van der Waals surface area contributed by atoms with Gasteiger partial charge in [0, 0.05) is 31.1 Å². The highest BCUT2D eigenvalue weighted by molar-refractivity contribution is 7.99. The minimum Gasteiger partial charge on any atom is -0.355 e. The summed E-state index contributed by atoms with van der Waals surface area (Å²) >= 11 is 8.05. The number of hydrogen-bond donors (Lipinski definition) is 2. The van der Waals surface area contributed by atoms with Gasteiger partial charge in [-0.05, 0) is 11.6 Å². The molecular weight excluding hydrogens is 342 g/mol. The fraction of sp³-hybridized carbons (Fsp3) is 0.235. The molecule has 24 heavy (non-hydrogen) atoms. The molecule has 0 saturated heterocycles. The highest BCUT2D eigenvalue weighted by Crippen LogP contribution is 2.37. The molecule has 2 N–H and O–H groups in total. The Morgan fingerprint density at radius 3 is 2.79 bits per heavy atom. The number of guanidine groups is 1. The van der Waals surface area contributed by atoms with Crippen LogP contribution in [0.25, 0.3) is 0 Å². The van der Waals surface area contributed by atoms with E-state index in [4.69, 9.17) is 16.9 Å². The van der Waals surface area contributed by atoms with E-state index in [1.807, 2.05) is 36.5 Å². The van der Waals surface area contributed by atoms with E-state index >= 15 is 0 Å². The van der Waals surface area contributed by atoms with Gasteiger partial charge in [-0.1, -0.05) is 48.0 Å². The summed E-state index contributed by atoms with van der Waals surface area (Å²) in [5, 5.41) is 14.8. The van der Waals surface area contributed by atoms with Crippen molar-refractivity contribution in [1.29, 1.82) is 5.26 Å².